The number of fused-ring (bicyclic) bond motifs is 1. The lowest BCUT2D eigenvalue weighted by Gasteiger charge is -2.31. The standard InChI is InChI=1S/C17H24N4/c1-3-11-18-17-19-15-10-5-4-9-14(15)16(20-17)21(2)12-13-7-6-8-13/h4-5,9-10,13H,3,6-8,11-12H2,1-2H3,(H,18,19,20). The lowest BCUT2D eigenvalue weighted by atomic mass is 9.85. The van der Waals surface area contributed by atoms with Gasteiger partial charge < -0.3 is 10.2 Å². The van der Waals surface area contributed by atoms with Gasteiger partial charge >= 0.3 is 0 Å². The molecule has 1 aromatic heterocycles. The third-order valence-corrected chi connectivity index (χ3v) is 4.23. The normalized spacial score (nSPS) is 15.0. The fourth-order valence-electron chi connectivity index (χ4n) is 2.82. The summed E-state index contributed by atoms with van der Waals surface area (Å²) in [6.45, 7) is 4.15. The SMILES string of the molecule is CCCNc1nc(N(C)CC2CCC2)c2ccccc2n1. The molecule has 3 rings (SSSR count). The van der Waals surface area contributed by atoms with E-state index in [1.54, 1.807) is 0 Å². The van der Waals surface area contributed by atoms with Crippen molar-refractivity contribution in [3.8, 4) is 0 Å². The third-order valence-electron chi connectivity index (χ3n) is 4.23. The van der Waals surface area contributed by atoms with Gasteiger partial charge in [0.1, 0.15) is 5.82 Å². The van der Waals surface area contributed by atoms with Crippen LogP contribution >= 0.6 is 0 Å². The second-order valence-electron chi connectivity index (χ2n) is 5.99. The fraction of sp³-hybridized carbons (Fsp3) is 0.529. The molecule has 0 bridgehead atoms. The van der Waals surface area contributed by atoms with Crippen LogP contribution in [-0.4, -0.2) is 30.1 Å². The Morgan fingerprint density at radius 3 is 2.76 bits per heavy atom. The van der Waals surface area contributed by atoms with Crippen molar-refractivity contribution in [2.24, 2.45) is 5.92 Å². The highest BCUT2D eigenvalue weighted by Gasteiger charge is 2.21. The van der Waals surface area contributed by atoms with Crippen molar-refractivity contribution in [2.45, 2.75) is 32.6 Å². The van der Waals surface area contributed by atoms with Gasteiger partial charge in [0.05, 0.1) is 5.52 Å². The molecule has 4 heteroatoms. The first-order valence-electron chi connectivity index (χ1n) is 7.99. The zero-order chi connectivity index (χ0) is 14.7. The molecule has 1 aliphatic carbocycles. The van der Waals surface area contributed by atoms with Gasteiger partial charge in [-0.05, 0) is 37.3 Å². The summed E-state index contributed by atoms with van der Waals surface area (Å²) in [4.78, 5) is 11.7. The van der Waals surface area contributed by atoms with Crippen LogP contribution in [0.3, 0.4) is 0 Å². The maximum atomic E-state index is 4.75. The second-order valence-corrected chi connectivity index (χ2v) is 5.99. The van der Waals surface area contributed by atoms with Crippen LogP contribution in [-0.2, 0) is 0 Å². The number of para-hydroxylation sites is 1. The average molecular weight is 284 g/mol. The van der Waals surface area contributed by atoms with Gasteiger partial charge in [-0.2, -0.15) is 4.98 Å². The number of nitrogens with one attached hydrogen (secondary N) is 1. The Hall–Kier alpha value is -1.84. The van der Waals surface area contributed by atoms with E-state index >= 15 is 0 Å². The molecule has 0 atom stereocenters. The molecular formula is C17H24N4. The van der Waals surface area contributed by atoms with Crippen LogP contribution in [0.25, 0.3) is 10.9 Å². The molecule has 1 N–H and O–H groups in total. The minimum Gasteiger partial charge on any atom is -0.359 e. The Morgan fingerprint density at radius 2 is 2.05 bits per heavy atom. The lowest BCUT2D eigenvalue weighted by Crippen LogP contribution is -2.30. The first-order valence-corrected chi connectivity index (χ1v) is 7.99. The summed E-state index contributed by atoms with van der Waals surface area (Å²) in [6.07, 6.45) is 5.17. The number of hydrogen-bond acceptors (Lipinski definition) is 4. The molecule has 0 unspecified atom stereocenters. The first-order chi connectivity index (χ1) is 10.3. The summed E-state index contributed by atoms with van der Waals surface area (Å²) >= 11 is 0. The highest BCUT2D eigenvalue weighted by atomic mass is 15.2. The van der Waals surface area contributed by atoms with E-state index in [1.807, 2.05) is 6.07 Å². The largest absolute Gasteiger partial charge is 0.359 e. The number of aromatic nitrogens is 2. The van der Waals surface area contributed by atoms with Crippen molar-refractivity contribution >= 4 is 22.7 Å². The van der Waals surface area contributed by atoms with E-state index in [4.69, 9.17) is 4.98 Å². The molecule has 112 valence electrons. The average Bonchev–Trinajstić information content (AvgIpc) is 2.47. The van der Waals surface area contributed by atoms with Gasteiger partial charge in [0.15, 0.2) is 0 Å². The molecule has 2 aromatic rings. The number of anilines is 2. The Labute approximate surface area is 126 Å². The summed E-state index contributed by atoms with van der Waals surface area (Å²) < 4.78 is 0. The van der Waals surface area contributed by atoms with Crippen molar-refractivity contribution in [1.82, 2.24) is 9.97 Å². The van der Waals surface area contributed by atoms with Crippen LogP contribution < -0.4 is 10.2 Å². The molecule has 0 spiro atoms. The van der Waals surface area contributed by atoms with E-state index in [9.17, 15) is 0 Å². The Balaban J connectivity index is 1.92. The quantitative estimate of drug-likeness (QED) is 0.878. The van der Waals surface area contributed by atoms with E-state index in [0.717, 1.165) is 48.1 Å². The molecule has 1 saturated carbocycles. The lowest BCUT2D eigenvalue weighted by molar-refractivity contribution is 0.321. The summed E-state index contributed by atoms with van der Waals surface area (Å²) in [5, 5.41) is 4.45. The smallest absolute Gasteiger partial charge is 0.225 e. The molecule has 0 saturated heterocycles. The van der Waals surface area contributed by atoms with Crippen LogP contribution in [0.2, 0.25) is 0 Å². The van der Waals surface area contributed by atoms with Crippen molar-refractivity contribution in [1.29, 1.82) is 0 Å². The number of rotatable bonds is 6. The predicted molar refractivity (Wildman–Crippen MR) is 88.9 cm³/mol. The molecule has 1 aliphatic rings. The van der Waals surface area contributed by atoms with Gasteiger partial charge in [0.2, 0.25) is 5.95 Å². The van der Waals surface area contributed by atoms with Gasteiger partial charge in [-0.25, -0.2) is 4.98 Å². The first kappa shape index (κ1) is 14.1. The minimum atomic E-state index is 0.742. The van der Waals surface area contributed by atoms with Gasteiger partial charge in [-0.15, -0.1) is 0 Å². The minimum absolute atomic E-state index is 0.742. The van der Waals surface area contributed by atoms with E-state index in [1.165, 1.54) is 19.3 Å². The van der Waals surface area contributed by atoms with Crippen LogP contribution in [0, 0.1) is 5.92 Å². The summed E-state index contributed by atoms with van der Waals surface area (Å²) in [7, 11) is 2.15. The highest BCUT2D eigenvalue weighted by molar-refractivity contribution is 5.90. The predicted octanol–water partition coefficient (Wildman–Crippen LogP) is 3.69. The Morgan fingerprint density at radius 1 is 1.24 bits per heavy atom. The summed E-state index contributed by atoms with van der Waals surface area (Å²) in [6, 6.07) is 8.28. The second kappa shape index (κ2) is 6.29. The van der Waals surface area contributed by atoms with Gasteiger partial charge in [0.25, 0.3) is 0 Å². The molecule has 1 fully saturated rings. The fourth-order valence-corrected chi connectivity index (χ4v) is 2.82. The van der Waals surface area contributed by atoms with Crippen molar-refractivity contribution in [2.75, 3.05) is 30.4 Å². The van der Waals surface area contributed by atoms with E-state index in [2.05, 4.69) is 47.4 Å². The molecule has 0 aliphatic heterocycles. The topological polar surface area (TPSA) is 41.1 Å². The summed E-state index contributed by atoms with van der Waals surface area (Å²) in [5.41, 5.74) is 1.02. The maximum Gasteiger partial charge on any atom is 0.225 e. The highest BCUT2D eigenvalue weighted by Crippen LogP contribution is 2.30. The zero-order valence-electron chi connectivity index (χ0n) is 13.0. The molecule has 0 amide bonds. The maximum absolute atomic E-state index is 4.75. The number of hydrogen-bond donors (Lipinski definition) is 1. The van der Waals surface area contributed by atoms with E-state index in [0.29, 0.717) is 0 Å². The molecule has 0 radical (unpaired) electrons. The molecule has 21 heavy (non-hydrogen) atoms. The summed E-state index contributed by atoms with van der Waals surface area (Å²) in [5.74, 6) is 2.62. The van der Waals surface area contributed by atoms with Crippen LogP contribution in [0.15, 0.2) is 24.3 Å². The third kappa shape index (κ3) is 3.09. The molecule has 1 aromatic carbocycles. The van der Waals surface area contributed by atoms with E-state index < -0.39 is 0 Å². The van der Waals surface area contributed by atoms with Crippen molar-refractivity contribution in [3.05, 3.63) is 24.3 Å². The van der Waals surface area contributed by atoms with Crippen LogP contribution in [0.1, 0.15) is 32.6 Å². The zero-order valence-corrected chi connectivity index (χ0v) is 13.0. The van der Waals surface area contributed by atoms with Crippen LogP contribution in [0.4, 0.5) is 11.8 Å². The molecule has 4 nitrogen and oxygen atoms in total. The Bertz CT molecular complexity index is 607. The van der Waals surface area contributed by atoms with E-state index in [-0.39, 0.29) is 0 Å². The monoisotopic (exact) mass is 284 g/mol. The van der Waals surface area contributed by atoms with Gasteiger partial charge in [-0.1, -0.05) is 25.5 Å². The molecule has 1 heterocycles. The van der Waals surface area contributed by atoms with Crippen LogP contribution in [0.5, 0.6) is 0 Å². The van der Waals surface area contributed by atoms with Gasteiger partial charge in [0, 0.05) is 25.5 Å². The van der Waals surface area contributed by atoms with Crippen molar-refractivity contribution < 1.29 is 0 Å². The Kier molecular flexibility index (Phi) is 4.23. The van der Waals surface area contributed by atoms with Gasteiger partial charge in [-0.3, -0.25) is 0 Å². The molecular weight excluding hydrogens is 260 g/mol. The van der Waals surface area contributed by atoms with Crippen molar-refractivity contribution in [3.63, 3.8) is 0 Å². The number of nitrogens with zero attached hydrogens (tertiary/aromatic N) is 3. The number of benzene rings is 1.